The van der Waals surface area contributed by atoms with E-state index in [9.17, 15) is 0 Å². The molecule has 1 aliphatic rings. The Morgan fingerprint density at radius 2 is 1.70 bits per heavy atom. The van der Waals surface area contributed by atoms with Gasteiger partial charge in [0.15, 0.2) is 5.82 Å². The van der Waals surface area contributed by atoms with Crippen LogP contribution in [0.5, 0.6) is 5.75 Å². The molecule has 0 saturated carbocycles. The molecule has 1 aliphatic heterocycles. The number of hydrogen-bond acceptors (Lipinski definition) is 3. The van der Waals surface area contributed by atoms with Crippen LogP contribution in [0.1, 0.15) is 36.6 Å². The molecule has 0 bridgehead atoms. The molecule has 0 saturated heterocycles. The molecule has 0 aliphatic carbocycles. The number of anilines is 1. The topological polar surface area (TPSA) is 43.5 Å². The second-order valence-corrected chi connectivity index (χ2v) is 9.89. The number of nitrogens with one attached hydrogen (secondary N) is 1. The average Bonchev–Trinajstić information content (AvgIpc) is 3.34. The number of benzene rings is 3. The summed E-state index contributed by atoms with van der Waals surface area (Å²) in [5.74, 6) is 1.77. The molecular formula is C31H30N4OS. The Hall–Kier alpha value is -3.90. The zero-order valence-corrected chi connectivity index (χ0v) is 22.0. The van der Waals surface area contributed by atoms with E-state index in [4.69, 9.17) is 22.1 Å². The van der Waals surface area contributed by atoms with E-state index in [1.807, 2.05) is 37.3 Å². The summed E-state index contributed by atoms with van der Waals surface area (Å²) in [5.41, 5.74) is 8.92. The van der Waals surface area contributed by atoms with Crippen LogP contribution in [-0.4, -0.2) is 25.8 Å². The number of aryl methyl sites for hydroxylation is 3. The molecular weight excluding hydrogens is 476 g/mol. The lowest BCUT2D eigenvalue weighted by molar-refractivity contribution is 0.342. The van der Waals surface area contributed by atoms with Crippen LogP contribution >= 0.6 is 12.2 Å². The van der Waals surface area contributed by atoms with Crippen molar-refractivity contribution in [1.82, 2.24) is 14.2 Å². The molecule has 0 unspecified atom stereocenters. The summed E-state index contributed by atoms with van der Waals surface area (Å²) in [6, 6.07) is 27.1. The van der Waals surface area contributed by atoms with E-state index in [1.54, 1.807) is 0 Å². The van der Waals surface area contributed by atoms with Crippen LogP contribution in [0.15, 0.2) is 78.9 Å². The Balaban J connectivity index is 1.59. The molecule has 37 heavy (non-hydrogen) atoms. The zero-order chi connectivity index (χ0) is 25.4. The van der Waals surface area contributed by atoms with Crippen LogP contribution in [-0.2, 0) is 13.0 Å². The first-order valence-corrected chi connectivity index (χ1v) is 13.4. The molecule has 0 spiro atoms. The minimum absolute atomic E-state index is 0.588. The Labute approximate surface area is 222 Å². The SMILES string of the molecule is CCOc1ccccc1NC(=S)c1c(-c2ccc(C)cc2)c2c3n(c(-c4ccccc4)nn13)CCCC2. The Morgan fingerprint density at radius 1 is 0.946 bits per heavy atom. The highest BCUT2D eigenvalue weighted by Crippen LogP contribution is 2.39. The number of ether oxygens (including phenoxy) is 1. The van der Waals surface area contributed by atoms with Gasteiger partial charge in [0.2, 0.25) is 0 Å². The summed E-state index contributed by atoms with van der Waals surface area (Å²) >= 11 is 6.14. The van der Waals surface area contributed by atoms with Crippen LogP contribution in [0.2, 0.25) is 0 Å². The van der Waals surface area contributed by atoms with Gasteiger partial charge in [-0.2, -0.15) is 0 Å². The van der Waals surface area contributed by atoms with Gasteiger partial charge in [-0.3, -0.25) is 0 Å². The monoisotopic (exact) mass is 506 g/mol. The molecule has 0 fully saturated rings. The van der Waals surface area contributed by atoms with Crippen LogP contribution in [0, 0.1) is 6.92 Å². The summed E-state index contributed by atoms with van der Waals surface area (Å²) in [7, 11) is 0. The predicted octanol–water partition coefficient (Wildman–Crippen LogP) is 7.30. The first-order valence-electron chi connectivity index (χ1n) is 13.0. The standard InChI is InChI=1S/C31H30N4OS/c1-3-36-26-15-8-7-14-25(26)32-30(37)28-27(22-18-16-21(2)17-19-22)24-13-9-10-20-34-29(33-35(28)31(24)34)23-11-5-4-6-12-23/h4-8,11-12,14-19H,3,9-10,13,20H2,1-2H3,(H,32,37). The molecule has 186 valence electrons. The van der Waals surface area contributed by atoms with Crippen molar-refractivity contribution in [3.63, 3.8) is 0 Å². The van der Waals surface area contributed by atoms with E-state index in [1.165, 1.54) is 16.7 Å². The van der Waals surface area contributed by atoms with Crippen molar-refractivity contribution in [2.75, 3.05) is 11.9 Å². The maximum absolute atomic E-state index is 6.14. The summed E-state index contributed by atoms with van der Waals surface area (Å²) in [5, 5.41) is 8.71. The first-order chi connectivity index (χ1) is 18.2. The fraction of sp³-hybridized carbons (Fsp3) is 0.226. The van der Waals surface area contributed by atoms with Gasteiger partial charge in [-0.25, -0.2) is 4.52 Å². The highest BCUT2D eigenvalue weighted by molar-refractivity contribution is 7.81. The normalized spacial score (nSPS) is 12.9. The van der Waals surface area contributed by atoms with Gasteiger partial charge in [0.05, 0.1) is 12.3 Å². The summed E-state index contributed by atoms with van der Waals surface area (Å²) in [6.07, 6.45) is 3.24. The van der Waals surface area contributed by atoms with E-state index in [0.29, 0.717) is 11.6 Å². The third-order valence-corrected chi connectivity index (χ3v) is 7.30. The van der Waals surface area contributed by atoms with Crippen LogP contribution in [0.4, 0.5) is 5.69 Å². The van der Waals surface area contributed by atoms with Gasteiger partial charge in [-0.05, 0) is 50.8 Å². The summed E-state index contributed by atoms with van der Waals surface area (Å²) < 4.78 is 10.3. The largest absolute Gasteiger partial charge is 0.492 e. The maximum Gasteiger partial charge on any atom is 0.162 e. The van der Waals surface area contributed by atoms with E-state index >= 15 is 0 Å². The first kappa shape index (κ1) is 23.5. The second kappa shape index (κ2) is 9.87. The molecule has 0 radical (unpaired) electrons. The van der Waals surface area contributed by atoms with E-state index in [0.717, 1.165) is 65.5 Å². The minimum Gasteiger partial charge on any atom is -0.492 e. The molecule has 1 N–H and O–H groups in total. The summed E-state index contributed by atoms with van der Waals surface area (Å²) in [6.45, 7) is 5.63. The van der Waals surface area contributed by atoms with Gasteiger partial charge in [-0.1, -0.05) is 84.5 Å². The smallest absolute Gasteiger partial charge is 0.162 e. The quantitative estimate of drug-likeness (QED) is 0.245. The van der Waals surface area contributed by atoms with Crippen molar-refractivity contribution in [3.05, 3.63) is 95.7 Å². The fourth-order valence-electron chi connectivity index (χ4n) is 5.31. The number of thiocarbonyl (C=S) groups is 1. The number of para-hydroxylation sites is 2. The number of aromatic nitrogens is 3. The summed E-state index contributed by atoms with van der Waals surface area (Å²) in [4.78, 5) is 0.633. The second-order valence-electron chi connectivity index (χ2n) is 9.49. The van der Waals surface area contributed by atoms with Crippen LogP contribution < -0.4 is 10.1 Å². The van der Waals surface area contributed by atoms with Gasteiger partial charge in [0, 0.05) is 23.2 Å². The highest BCUT2D eigenvalue weighted by Gasteiger charge is 2.29. The van der Waals surface area contributed by atoms with Gasteiger partial charge in [-0.15, -0.1) is 5.10 Å². The third kappa shape index (κ3) is 4.21. The Morgan fingerprint density at radius 3 is 2.49 bits per heavy atom. The van der Waals surface area contributed by atoms with Gasteiger partial charge < -0.3 is 14.6 Å². The van der Waals surface area contributed by atoms with E-state index < -0.39 is 0 Å². The van der Waals surface area contributed by atoms with Gasteiger partial charge >= 0.3 is 0 Å². The third-order valence-electron chi connectivity index (χ3n) is 7.01. The molecule has 3 aromatic carbocycles. The molecule has 3 heterocycles. The van der Waals surface area contributed by atoms with Crippen LogP contribution in [0.3, 0.4) is 0 Å². The average molecular weight is 507 g/mol. The van der Waals surface area contributed by atoms with Crippen molar-refractivity contribution >= 4 is 28.5 Å². The maximum atomic E-state index is 6.14. The lowest BCUT2D eigenvalue weighted by Gasteiger charge is -2.14. The zero-order valence-electron chi connectivity index (χ0n) is 21.2. The van der Waals surface area contributed by atoms with Crippen LogP contribution in [0.25, 0.3) is 28.2 Å². The van der Waals surface area contributed by atoms with Crippen molar-refractivity contribution in [1.29, 1.82) is 0 Å². The molecule has 6 heteroatoms. The Bertz CT molecular complexity index is 1580. The van der Waals surface area contributed by atoms with E-state index in [2.05, 4.69) is 69.9 Å². The molecule has 6 rings (SSSR count). The molecule has 0 atom stereocenters. The van der Waals surface area contributed by atoms with Crippen molar-refractivity contribution in [2.24, 2.45) is 0 Å². The van der Waals surface area contributed by atoms with E-state index in [-0.39, 0.29) is 0 Å². The lowest BCUT2D eigenvalue weighted by Crippen LogP contribution is -2.15. The Kier molecular flexibility index (Phi) is 6.26. The lowest BCUT2D eigenvalue weighted by atomic mass is 9.97. The van der Waals surface area contributed by atoms with Crippen molar-refractivity contribution in [3.8, 4) is 28.3 Å². The minimum atomic E-state index is 0.588. The van der Waals surface area contributed by atoms with Crippen molar-refractivity contribution in [2.45, 2.75) is 39.7 Å². The predicted molar refractivity (Wildman–Crippen MR) is 155 cm³/mol. The van der Waals surface area contributed by atoms with Gasteiger partial charge in [0.1, 0.15) is 22.1 Å². The van der Waals surface area contributed by atoms with Gasteiger partial charge in [0.25, 0.3) is 0 Å². The number of rotatable bonds is 6. The van der Waals surface area contributed by atoms with Crippen molar-refractivity contribution < 1.29 is 4.74 Å². The highest BCUT2D eigenvalue weighted by atomic mass is 32.1. The molecule has 0 amide bonds. The fourth-order valence-corrected chi connectivity index (χ4v) is 5.61. The molecule has 2 aromatic heterocycles. The molecule has 5 aromatic rings. The number of hydrogen-bond donors (Lipinski definition) is 1. The molecule has 5 nitrogen and oxygen atoms in total. The number of nitrogens with zero attached hydrogens (tertiary/aromatic N) is 3.